The topological polar surface area (TPSA) is 93.0 Å². The van der Waals surface area contributed by atoms with E-state index in [9.17, 15) is 9.59 Å². The molecule has 2 aliphatic heterocycles. The van der Waals surface area contributed by atoms with Gasteiger partial charge in [-0.3, -0.25) is 9.59 Å². The van der Waals surface area contributed by atoms with Crippen LogP contribution in [0.4, 0.5) is 0 Å². The number of aromatic nitrogens is 4. The minimum absolute atomic E-state index is 0.00575. The van der Waals surface area contributed by atoms with Gasteiger partial charge >= 0.3 is 0 Å². The number of amides is 2. The molecule has 3 aliphatic rings. The van der Waals surface area contributed by atoms with Crippen molar-refractivity contribution < 1.29 is 9.59 Å². The number of nitrogens with one attached hydrogen (secondary N) is 1. The van der Waals surface area contributed by atoms with Gasteiger partial charge in [-0.15, -0.1) is 21.5 Å². The fourth-order valence-electron chi connectivity index (χ4n) is 3.96. The molecule has 26 heavy (non-hydrogen) atoms. The molecular formula is C17H20N6O2S. The maximum Gasteiger partial charge on any atom is 0.289 e. The Morgan fingerprint density at radius 2 is 2.00 bits per heavy atom. The molecule has 5 rings (SSSR count). The van der Waals surface area contributed by atoms with Gasteiger partial charge in [0, 0.05) is 37.5 Å². The van der Waals surface area contributed by atoms with E-state index in [1.807, 2.05) is 21.8 Å². The van der Waals surface area contributed by atoms with Gasteiger partial charge in [0.05, 0.1) is 5.01 Å². The molecule has 1 saturated carbocycles. The minimum Gasteiger partial charge on any atom is -0.347 e. The third-order valence-electron chi connectivity index (χ3n) is 5.51. The van der Waals surface area contributed by atoms with Crippen LogP contribution in [0.2, 0.25) is 0 Å². The molecule has 1 aliphatic carbocycles. The molecule has 0 bridgehead atoms. The van der Waals surface area contributed by atoms with Crippen LogP contribution in [0, 0.1) is 18.8 Å². The number of thiazole rings is 1. The monoisotopic (exact) mass is 372 g/mol. The Balaban J connectivity index is 1.32. The van der Waals surface area contributed by atoms with Crippen LogP contribution in [0.3, 0.4) is 0 Å². The zero-order valence-corrected chi connectivity index (χ0v) is 15.3. The fraction of sp³-hybridized carbons (Fsp3) is 0.588. The molecule has 2 aromatic heterocycles. The average Bonchev–Trinajstić information content (AvgIpc) is 3.03. The molecule has 0 aromatic carbocycles. The van der Waals surface area contributed by atoms with Gasteiger partial charge in [-0.1, -0.05) is 0 Å². The van der Waals surface area contributed by atoms with E-state index >= 15 is 0 Å². The van der Waals surface area contributed by atoms with E-state index in [2.05, 4.69) is 20.5 Å². The van der Waals surface area contributed by atoms with Gasteiger partial charge in [0.1, 0.15) is 11.5 Å². The molecular weight excluding hydrogens is 352 g/mol. The summed E-state index contributed by atoms with van der Waals surface area (Å²) in [6.45, 7) is 4.02. The number of nitrogens with zero attached hydrogens (tertiary/aromatic N) is 5. The molecule has 0 radical (unpaired) electrons. The highest BCUT2D eigenvalue weighted by Crippen LogP contribution is 2.33. The van der Waals surface area contributed by atoms with Crippen LogP contribution in [0.5, 0.6) is 0 Å². The quantitative estimate of drug-likeness (QED) is 0.863. The van der Waals surface area contributed by atoms with Crippen molar-refractivity contribution in [1.82, 2.24) is 30.0 Å². The summed E-state index contributed by atoms with van der Waals surface area (Å²) in [5.41, 5.74) is 0.537. The molecule has 0 spiro atoms. The second-order valence-electron chi connectivity index (χ2n) is 7.48. The Bertz CT molecular complexity index is 886. The molecule has 4 heterocycles. The SMILES string of the molecule is Cc1nc(C(=O)N2C[C@@H]3Cc4nnc(C(=O)NC5CC5)n4C[C@@H]3C2)cs1. The van der Waals surface area contributed by atoms with Crippen LogP contribution in [-0.4, -0.2) is 55.6 Å². The van der Waals surface area contributed by atoms with Crippen LogP contribution < -0.4 is 5.32 Å². The maximum absolute atomic E-state index is 12.7. The summed E-state index contributed by atoms with van der Waals surface area (Å²) in [5.74, 6) is 1.83. The lowest BCUT2D eigenvalue weighted by Crippen LogP contribution is -2.33. The Morgan fingerprint density at radius 1 is 1.19 bits per heavy atom. The van der Waals surface area contributed by atoms with Gasteiger partial charge in [-0.25, -0.2) is 4.98 Å². The number of hydrogen-bond donors (Lipinski definition) is 1. The third-order valence-corrected chi connectivity index (χ3v) is 6.28. The van der Waals surface area contributed by atoms with Gasteiger partial charge < -0.3 is 14.8 Å². The van der Waals surface area contributed by atoms with Crippen LogP contribution in [-0.2, 0) is 13.0 Å². The first-order chi connectivity index (χ1) is 12.6. The van der Waals surface area contributed by atoms with Crippen LogP contribution >= 0.6 is 11.3 Å². The highest BCUT2D eigenvalue weighted by Gasteiger charge is 2.41. The van der Waals surface area contributed by atoms with Crippen molar-refractivity contribution in [3.05, 3.63) is 27.7 Å². The normalized spacial score (nSPS) is 24.3. The second-order valence-corrected chi connectivity index (χ2v) is 8.55. The van der Waals surface area contributed by atoms with Gasteiger partial charge in [0.15, 0.2) is 0 Å². The molecule has 2 fully saturated rings. The van der Waals surface area contributed by atoms with Crippen molar-refractivity contribution in [3.8, 4) is 0 Å². The minimum atomic E-state index is -0.131. The van der Waals surface area contributed by atoms with Crippen molar-refractivity contribution in [2.75, 3.05) is 13.1 Å². The van der Waals surface area contributed by atoms with E-state index in [4.69, 9.17) is 0 Å². The lowest BCUT2D eigenvalue weighted by Gasteiger charge is -2.25. The van der Waals surface area contributed by atoms with Crippen LogP contribution in [0.25, 0.3) is 0 Å². The van der Waals surface area contributed by atoms with Crippen molar-refractivity contribution in [2.24, 2.45) is 11.8 Å². The number of hydrogen-bond acceptors (Lipinski definition) is 6. The lowest BCUT2D eigenvalue weighted by molar-refractivity contribution is 0.0777. The Hall–Kier alpha value is -2.29. The predicted octanol–water partition coefficient (Wildman–Crippen LogP) is 0.880. The van der Waals surface area contributed by atoms with E-state index in [-0.39, 0.29) is 11.8 Å². The summed E-state index contributed by atoms with van der Waals surface area (Å²) in [7, 11) is 0. The number of likely N-dealkylation sites (tertiary alicyclic amines) is 1. The van der Waals surface area contributed by atoms with Gasteiger partial charge in [0.25, 0.3) is 11.8 Å². The lowest BCUT2D eigenvalue weighted by atomic mass is 9.89. The smallest absolute Gasteiger partial charge is 0.289 e. The number of fused-ring (bicyclic) bond motifs is 2. The number of carbonyl (C=O) groups is 2. The third kappa shape index (κ3) is 2.70. The van der Waals surface area contributed by atoms with Gasteiger partial charge in [-0.05, 0) is 31.6 Å². The summed E-state index contributed by atoms with van der Waals surface area (Å²) >= 11 is 1.50. The van der Waals surface area contributed by atoms with E-state index in [1.165, 1.54) is 11.3 Å². The molecule has 0 unspecified atom stereocenters. The van der Waals surface area contributed by atoms with Crippen molar-refractivity contribution >= 4 is 23.2 Å². The van der Waals surface area contributed by atoms with E-state index in [0.717, 1.165) is 36.6 Å². The van der Waals surface area contributed by atoms with Crippen LogP contribution in [0.1, 0.15) is 44.8 Å². The highest BCUT2D eigenvalue weighted by molar-refractivity contribution is 7.09. The van der Waals surface area contributed by atoms with Gasteiger partial charge in [0.2, 0.25) is 5.82 Å². The largest absolute Gasteiger partial charge is 0.347 e. The van der Waals surface area contributed by atoms with Crippen molar-refractivity contribution in [2.45, 2.75) is 38.8 Å². The molecule has 8 nitrogen and oxygen atoms in total. The predicted molar refractivity (Wildman–Crippen MR) is 93.9 cm³/mol. The summed E-state index contributed by atoms with van der Waals surface area (Å²) in [5, 5.41) is 14.1. The number of carbonyl (C=O) groups excluding carboxylic acids is 2. The molecule has 2 atom stereocenters. The molecule has 136 valence electrons. The second kappa shape index (κ2) is 5.87. The van der Waals surface area contributed by atoms with E-state index in [0.29, 0.717) is 42.5 Å². The number of rotatable bonds is 3. The number of aryl methyl sites for hydroxylation is 1. The van der Waals surface area contributed by atoms with E-state index < -0.39 is 0 Å². The first kappa shape index (κ1) is 15.9. The zero-order chi connectivity index (χ0) is 17.8. The summed E-state index contributed by atoms with van der Waals surface area (Å²) in [4.78, 5) is 31.3. The Kier molecular flexibility index (Phi) is 3.59. The van der Waals surface area contributed by atoms with Crippen molar-refractivity contribution in [3.63, 3.8) is 0 Å². The summed E-state index contributed by atoms with van der Waals surface area (Å²) in [6.07, 6.45) is 2.85. The molecule has 2 amide bonds. The van der Waals surface area contributed by atoms with Gasteiger partial charge in [-0.2, -0.15) is 0 Å². The van der Waals surface area contributed by atoms with Crippen molar-refractivity contribution in [1.29, 1.82) is 0 Å². The Labute approximate surface area is 154 Å². The molecule has 9 heteroatoms. The zero-order valence-electron chi connectivity index (χ0n) is 14.5. The molecule has 1 N–H and O–H groups in total. The fourth-order valence-corrected chi connectivity index (χ4v) is 4.55. The highest BCUT2D eigenvalue weighted by atomic mass is 32.1. The summed E-state index contributed by atoms with van der Waals surface area (Å²) < 4.78 is 1.94. The molecule has 1 saturated heterocycles. The standard InChI is InChI=1S/C17H20N6O2S/c1-9-18-13(8-26-9)17(25)22-5-10-4-14-20-21-15(16(24)19-12-2-3-12)23(14)7-11(10)6-22/h8,10-12H,2-7H2,1H3,(H,19,24)/t10-,11-/m0/s1. The average molecular weight is 372 g/mol. The van der Waals surface area contributed by atoms with E-state index in [1.54, 1.807) is 0 Å². The summed E-state index contributed by atoms with van der Waals surface area (Å²) in [6, 6.07) is 0.299. The van der Waals surface area contributed by atoms with Crippen LogP contribution in [0.15, 0.2) is 5.38 Å². The maximum atomic E-state index is 12.7. The Morgan fingerprint density at radius 3 is 2.73 bits per heavy atom. The first-order valence-electron chi connectivity index (χ1n) is 9.03. The first-order valence-corrected chi connectivity index (χ1v) is 9.91. The molecule has 2 aromatic rings.